The number of alkyl carbamates (subject to hydrolysis) is 2. The molecule has 0 bridgehead atoms. The number of ketones is 1. The van der Waals surface area contributed by atoms with Crippen molar-refractivity contribution in [2.24, 2.45) is 4.99 Å². The monoisotopic (exact) mass is 1710 g/mol. The molecule has 2 atom stereocenters. The zero-order valence-corrected chi connectivity index (χ0v) is 65.7. The van der Waals surface area contributed by atoms with E-state index in [0.717, 1.165) is 49.8 Å². The van der Waals surface area contributed by atoms with Crippen LogP contribution in [0, 0.1) is 22.7 Å². The van der Waals surface area contributed by atoms with Gasteiger partial charge in [0.2, 0.25) is 12.3 Å². The third kappa shape index (κ3) is 35.3. The van der Waals surface area contributed by atoms with Gasteiger partial charge in [-0.3, -0.25) is 25.5 Å². The van der Waals surface area contributed by atoms with E-state index in [9.17, 15) is 33.9 Å². The topological polar surface area (TPSA) is 377 Å². The molecule has 28 heteroatoms. The highest BCUT2D eigenvalue weighted by Gasteiger charge is 2.32. The number of carbonyl (C=O) groups is 6. The quantitative estimate of drug-likeness (QED) is 0.0212. The maximum Gasteiger partial charge on any atom is 0.411 e. The van der Waals surface area contributed by atoms with Crippen molar-refractivity contribution in [3.8, 4) is 40.9 Å². The van der Waals surface area contributed by atoms with Crippen LogP contribution in [0.1, 0.15) is 122 Å². The number of likely N-dealkylation sites (N-methyl/N-ethyl adjacent to an activating group) is 1. The summed E-state index contributed by atoms with van der Waals surface area (Å²) in [4.78, 5) is 78.6. The second-order valence-electron chi connectivity index (χ2n) is 24.2. The van der Waals surface area contributed by atoms with Crippen molar-refractivity contribution < 1.29 is 71.8 Å². The van der Waals surface area contributed by atoms with Gasteiger partial charge in [0, 0.05) is 66.1 Å². The number of carbonyl (C=O) groups excluding carboxylic acids is 5. The van der Waals surface area contributed by atoms with E-state index in [-0.39, 0.29) is 84.3 Å². The summed E-state index contributed by atoms with van der Waals surface area (Å²) < 4.78 is 41.6. The van der Waals surface area contributed by atoms with E-state index in [4.69, 9.17) is 54.2 Å². The van der Waals surface area contributed by atoms with Crippen LogP contribution < -0.4 is 60.9 Å². The third-order valence-electron chi connectivity index (χ3n) is 16.5. The number of benzene rings is 11. The fraction of sp³-hybridized carbons (Fsp3) is 0.227. The molecule has 0 radical (unpaired) electrons. The third-order valence-corrected chi connectivity index (χ3v) is 16.5. The van der Waals surface area contributed by atoms with E-state index in [1.807, 2.05) is 177 Å². The highest BCUT2D eigenvalue weighted by molar-refractivity contribution is 6.20. The molecule has 4 amide bonds. The number of carboxylic acids is 1. The van der Waals surface area contributed by atoms with Crippen molar-refractivity contribution in [2.45, 2.75) is 91.9 Å². The number of rotatable bonds is 20. The molecule has 11 aromatic carbocycles. The molecule has 0 spiro atoms. The molecule has 0 saturated heterocycles. The molecule has 1 aliphatic heterocycles. The number of nitrogens with two attached hydrogens (primary N) is 1. The predicted molar refractivity (Wildman–Crippen MR) is 502 cm³/mol. The number of methoxy groups -OCH3 is 5. The molecule has 1 aromatic heterocycles. The average molecular weight is 1710 g/mol. The van der Waals surface area contributed by atoms with Crippen molar-refractivity contribution >= 4 is 81.1 Å². The molecule has 12 aromatic rings. The molecule has 2 heterocycles. The number of nitrogen functional groups attached to an aromatic ring is 1. The highest BCUT2D eigenvalue weighted by atomic mass is 16.6. The normalized spacial score (nSPS) is 10.6. The van der Waals surface area contributed by atoms with Gasteiger partial charge in [-0.1, -0.05) is 216 Å². The Labute approximate surface area is 736 Å². The number of fused-ring (bicyclic) bond motifs is 2. The van der Waals surface area contributed by atoms with Crippen molar-refractivity contribution in [1.82, 2.24) is 25.6 Å². The van der Waals surface area contributed by atoms with Crippen LogP contribution in [-0.2, 0) is 37.0 Å². The zero-order chi connectivity index (χ0) is 84.3. The van der Waals surface area contributed by atoms with E-state index in [1.54, 1.807) is 178 Å². The van der Waals surface area contributed by atoms with E-state index in [2.05, 4.69) is 41.9 Å². The Morgan fingerprint density at radius 3 is 1.47 bits per heavy atom. The second kappa shape index (κ2) is 59.9. The molecule has 0 aliphatic carbocycles. The standard InChI is InChI=1S/C25H23N3O4.C16H14N4O4.C15H15NO2.C10H13NO3.C8H8N2O.C8H11NO.C7H5N.8CH4/c1-28-21-14-13-19(31-2)15-20(21)22(18-11-7-4-8-12-18)26-23(24(28)29)27-25(30)32-16-17-9-5-3-6-10-17;21-15(22)14(20-13-9-5-4-8-12(13)18-19-20)17-16(23)24-10-11-6-2-1-3-7-11;1-16-14-9-8-12(18-2)10-13(14)15(17)11-6-4-3-5-7-11;1-3-14-10(12)11-8-4-6-9(13-2)7-5-8;1-11-7-2-3-8(10)6(4-7)5-9;1-9-7-3-5-8(10-2)6-4-7;8-6-7-4-2-1-3-5-7;;;;;;;;/h3-15,23H,16H2,1-2H3,(H,27,30);1-9,14H,10H2,(H,17,23)(H,21,22);3-10,16H,1-2H3;4-7H,3H2,1-2H3,(H,11,12);2-4H,10H2,1H3;3-6,9H,1-2H3;1-5H;8*1H4. The smallest absolute Gasteiger partial charge is 0.411 e. The Morgan fingerprint density at radius 1 is 0.512 bits per heavy atom. The SMILES string of the molecule is C.C.C.C.C.C.C.C.CCOC(=O)Nc1ccc(OC)cc1.CNc1ccc(OC)cc1.CNc1ccc(OC)cc1C(=O)c1ccccc1.COc1ccc(N)c(C#N)c1.COc1ccc2c(c1)C(c1ccccc1)=NC(NC(=O)OCc1ccccc1)C(=O)N2C.N#Cc1ccccc1.O=C(NC(C(=O)O)n1nnc2ccccc21)OCc1ccccc1. The first-order chi connectivity index (χ1) is 56.8. The van der Waals surface area contributed by atoms with Gasteiger partial charge in [0.25, 0.3) is 5.91 Å². The summed E-state index contributed by atoms with van der Waals surface area (Å²) in [6.45, 7) is 2.25. The molecule has 2 unspecified atom stereocenters. The number of nitrogens with one attached hydrogen (secondary N) is 5. The molecular weight excluding hydrogens is 1590 g/mol. The number of amides is 4. The van der Waals surface area contributed by atoms with Crippen LogP contribution in [0.15, 0.2) is 284 Å². The zero-order valence-electron chi connectivity index (χ0n) is 65.7. The van der Waals surface area contributed by atoms with Gasteiger partial charge in [-0.15, -0.1) is 5.10 Å². The van der Waals surface area contributed by atoms with Crippen molar-refractivity contribution in [3.05, 3.63) is 324 Å². The van der Waals surface area contributed by atoms with Gasteiger partial charge in [-0.05, 0) is 145 Å². The number of para-hydroxylation sites is 1. The van der Waals surface area contributed by atoms with Crippen LogP contribution in [0.2, 0.25) is 0 Å². The maximum absolute atomic E-state index is 13.2. The molecule has 0 saturated carbocycles. The Hall–Kier alpha value is -15.7. The van der Waals surface area contributed by atoms with E-state index in [0.29, 0.717) is 79.9 Å². The minimum absolute atomic E-state index is 0. The van der Waals surface area contributed by atoms with Gasteiger partial charge < -0.3 is 64.3 Å². The van der Waals surface area contributed by atoms with Crippen LogP contribution in [0.5, 0.6) is 28.7 Å². The first-order valence-corrected chi connectivity index (χ1v) is 36.0. The van der Waals surface area contributed by atoms with Gasteiger partial charge in [0.15, 0.2) is 5.78 Å². The van der Waals surface area contributed by atoms with Crippen molar-refractivity contribution in [3.63, 3.8) is 0 Å². The van der Waals surface area contributed by atoms with E-state index >= 15 is 0 Å². The number of anilines is 5. The Kier molecular flexibility index (Phi) is 53.3. The molecule has 13 rings (SSSR count). The Bertz CT molecular complexity index is 5250. The summed E-state index contributed by atoms with van der Waals surface area (Å²) >= 11 is 0. The molecule has 1 aliphatic rings. The number of ether oxygens (including phenoxy) is 8. The second-order valence-corrected chi connectivity index (χ2v) is 24.2. The first kappa shape index (κ1) is 111. The van der Waals surface area contributed by atoms with Gasteiger partial charge in [-0.25, -0.2) is 28.9 Å². The molecule has 0 fully saturated rings. The summed E-state index contributed by atoms with van der Waals surface area (Å²) in [6, 6.07) is 87.7. The van der Waals surface area contributed by atoms with Crippen LogP contribution >= 0.6 is 0 Å². The van der Waals surface area contributed by atoms with Gasteiger partial charge in [0.1, 0.15) is 53.5 Å². The number of nitrogens with zero attached hydrogens (tertiary/aromatic N) is 7. The number of aromatic nitrogens is 3. The number of aliphatic imine (C=N–C) groups is 1. The van der Waals surface area contributed by atoms with Gasteiger partial charge in [-0.2, -0.15) is 10.5 Å². The highest BCUT2D eigenvalue weighted by Crippen LogP contribution is 2.32. The number of aliphatic carboxylic acids is 1. The van der Waals surface area contributed by atoms with Crippen LogP contribution in [0.4, 0.5) is 42.8 Å². The lowest BCUT2D eigenvalue weighted by atomic mass is 10.00. The number of carboxylic acid groups (broad SMARTS) is 1. The summed E-state index contributed by atoms with van der Waals surface area (Å²) in [6.07, 6.45) is -4.58. The lowest BCUT2D eigenvalue weighted by Crippen LogP contribution is -2.46. The minimum atomic E-state index is -1.42. The number of hydrogen-bond donors (Lipinski definition) is 7. The van der Waals surface area contributed by atoms with Crippen LogP contribution in [0.3, 0.4) is 0 Å². The predicted octanol–water partition coefficient (Wildman–Crippen LogP) is 20.5. The lowest BCUT2D eigenvalue weighted by Gasteiger charge is -2.21. The largest absolute Gasteiger partial charge is 0.497 e. The first-order valence-electron chi connectivity index (χ1n) is 36.0. The Morgan fingerprint density at radius 2 is 0.976 bits per heavy atom. The van der Waals surface area contributed by atoms with E-state index in [1.165, 1.54) is 4.90 Å². The molecule has 8 N–H and O–H groups in total. The van der Waals surface area contributed by atoms with Crippen molar-refractivity contribution in [2.75, 3.05) is 89.9 Å². The summed E-state index contributed by atoms with van der Waals surface area (Å²) in [5.74, 6) is 1.93. The van der Waals surface area contributed by atoms with Crippen molar-refractivity contribution in [1.29, 1.82) is 10.5 Å². The van der Waals surface area contributed by atoms with Gasteiger partial charge >= 0.3 is 24.2 Å². The molecule has 664 valence electrons. The number of hydrogen-bond acceptors (Lipinski definition) is 22. The Balaban J connectivity index is 0. The fourth-order valence-electron chi connectivity index (χ4n) is 10.4. The van der Waals surface area contributed by atoms with Crippen LogP contribution in [-0.4, -0.2) is 131 Å². The minimum Gasteiger partial charge on any atom is -0.497 e. The molecule has 125 heavy (non-hydrogen) atoms. The number of benzodiazepines with no additional fused rings is 1. The lowest BCUT2D eigenvalue weighted by molar-refractivity contribution is -0.142. The summed E-state index contributed by atoms with van der Waals surface area (Å²) in [7, 11) is 13.3. The summed E-state index contributed by atoms with van der Waals surface area (Å²) in [5, 5.41) is 47.4. The van der Waals surface area contributed by atoms with E-state index < -0.39 is 36.6 Å². The fourth-order valence-corrected chi connectivity index (χ4v) is 10.4. The van der Waals surface area contributed by atoms with Gasteiger partial charge in [0.05, 0.1) is 76.3 Å². The number of nitriles is 2. The molecule has 28 nitrogen and oxygen atoms in total. The average Bonchev–Trinajstić information content (AvgIpc) is 1.65. The van der Waals surface area contributed by atoms with Crippen LogP contribution in [0.25, 0.3) is 11.0 Å². The summed E-state index contributed by atoms with van der Waals surface area (Å²) in [5.41, 5.74) is 16.4. The maximum atomic E-state index is 13.2. The molecular formula is C97H121N13O15.